The maximum atomic E-state index is 13.0. The molecule has 0 unspecified atom stereocenters. The highest BCUT2D eigenvalue weighted by molar-refractivity contribution is 5.95. The van der Waals surface area contributed by atoms with Crippen LogP contribution in [0.1, 0.15) is 33.1 Å². The molecule has 4 amide bonds. The highest BCUT2D eigenvalue weighted by Crippen LogP contribution is 2.20. The summed E-state index contributed by atoms with van der Waals surface area (Å²) in [7, 11) is 0. The first kappa shape index (κ1) is 29.2. The number of rotatable bonds is 13. The van der Waals surface area contributed by atoms with Crippen molar-refractivity contribution in [1.82, 2.24) is 20.9 Å². The van der Waals surface area contributed by atoms with Gasteiger partial charge in [-0.1, -0.05) is 13.8 Å². The minimum Gasteiger partial charge on any atom is -0.480 e. The largest absolute Gasteiger partial charge is 0.480 e. The summed E-state index contributed by atoms with van der Waals surface area (Å²) in [4.78, 5) is 62.6. The zero-order chi connectivity index (χ0) is 26.0. The number of aliphatic hydroxyl groups excluding tert-OH is 3. The fourth-order valence-corrected chi connectivity index (χ4v) is 3.47. The minimum absolute atomic E-state index is 0.0491. The molecule has 0 saturated carbocycles. The van der Waals surface area contributed by atoms with Crippen molar-refractivity contribution in [2.75, 3.05) is 26.4 Å². The van der Waals surface area contributed by atoms with E-state index in [1.165, 1.54) is 4.90 Å². The van der Waals surface area contributed by atoms with Gasteiger partial charge in [-0.3, -0.25) is 19.2 Å². The van der Waals surface area contributed by atoms with Crippen LogP contribution in [0.15, 0.2) is 0 Å². The number of carboxylic acid groups (broad SMARTS) is 1. The number of hydrogen-bond donors (Lipinski definition) is 8. The molecule has 14 nitrogen and oxygen atoms in total. The molecule has 1 saturated heterocycles. The first-order valence-electron chi connectivity index (χ1n) is 11.0. The van der Waals surface area contributed by atoms with E-state index < -0.39 is 79.6 Å². The SMILES string of the molecule is CC(C)C[C@H](NC(=O)[C@H](CO)NC(=O)[C@H](CO)NC(=O)[C@@H](N)CO)C(=O)N1CCC[C@H]1C(=O)O. The monoisotopic (exact) mass is 489 g/mol. The number of nitrogens with two attached hydrogens (primary N) is 1. The van der Waals surface area contributed by atoms with Gasteiger partial charge < -0.3 is 47.0 Å². The summed E-state index contributed by atoms with van der Waals surface area (Å²) < 4.78 is 0. The van der Waals surface area contributed by atoms with Gasteiger partial charge in [-0.2, -0.15) is 0 Å². The number of amides is 4. The second kappa shape index (κ2) is 13.8. The highest BCUT2D eigenvalue weighted by Gasteiger charge is 2.38. The molecule has 0 bridgehead atoms. The first-order chi connectivity index (χ1) is 16.0. The molecule has 14 heteroatoms. The van der Waals surface area contributed by atoms with Crippen molar-refractivity contribution in [2.45, 2.75) is 63.3 Å². The van der Waals surface area contributed by atoms with Crippen LogP contribution in [0.25, 0.3) is 0 Å². The van der Waals surface area contributed by atoms with E-state index in [9.17, 15) is 39.3 Å². The zero-order valence-corrected chi connectivity index (χ0v) is 19.3. The molecular weight excluding hydrogens is 454 g/mol. The van der Waals surface area contributed by atoms with Crippen molar-refractivity contribution in [2.24, 2.45) is 11.7 Å². The highest BCUT2D eigenvalue weighted by atomic mass is 16.4. The predicted molar refractivity (Wildman–Crippen MR) is 117 cm³/mol. The number of hydrogen-bond acceptors (Lipinski definition) is 9. The summed E-state index contributed by atoms with van der Waals surface area (Å²) in [6.45, 7) is 1.44. The van der Waals surface area contributed by atoms with Gasteiger partial charge in [0.1, 0.15) is 30.2 Å². The first-order valence-corrected chi connectivity index (χ1v) is 11.0. The van der Waals surface area contributed by atoms with E-state index in [2.05, 4.69) is 16.0 Å². The quantitative estimate of drug-likeness (QED) is 0.124. The molecule has 5 atom stereocenters. The van der Waals surface area contributed by atoms with Crippen molar-refractivity contribution in [3.8, 4) is 0 Å². The van der Waals surface area contributed by atoms with Crippen LogP contribution in [0.3, 0.4) is 0 Å². The van der Waals surface area contributed by atoms with Crippen LogP contribution in [0, 0.1) is 5.92 Å². The van der Waals surface area contributed by atoms with E-state index in [4.69, 9.17) is 10.8 Å². The maximum Gasteiger partial charge on any atom is 0.326 e. The Hall–Kier alpha value is -2.81. The Kier molecular flexibility index (Phi) is 11.9. The minimum atomic E-state index is -1.53. The normalized spacial score (nSPS) is 19.1. The average Bonchev–Trinajstić information content (AvgIpc) is 3.28. The maximum absolute atomic E-state index is 13.0. The molecule has 1 aliphatic rings. The van der Waals surface area contributed by atoms with Gasteiger partial charge in [-0.25, -0.2) is 4.79 Å². The molecule has 0 aliphatic carbocycles. The smallest absolute Gasteiger partial charge is 0.326 e. The molecule has 9 N–H and O–H groups in total. The molecule has 0 aromatic carbocycles. The summed E-state index contributed by atoms with van der Waals surface area (Å²) in [5.74, 6) is -4.59. The van der Waals surface area contributed by atoms with Crippen LogP contribution in [-0.4, -0.2) is 111 Å². The van der Waals surface area contributed by atoms with Crippen LogP contribution in [0.4, 0.5) is 0 Å². The van der Waals surface area contributed by atoms with Crippen molar-refractivity contribution in [3.05, 3.63) is 0 Å². The number of aliphatic carboxylic acids is 1. The number of nitrogens with one attached hydrogen (secondary N) is 3. The van der Waals surface area contributed by atoms with Crippen molar-refractivity contribution < 1.29 is 44.4 Å². The standard InChI is InChI=1S/C20H35N5O9/c1-10(2)6-12(19(32)25-5-3-4-15(25)20(33)34)22-17(30)14(9-28)24-18(31)13(8-27)23-16(29)11(21)7-26/h10-15,26-28H,3-9,21H2,1-2H3,(H,22,30)(H,23,29)(H,24,31)(H,33,34)/t11-,12-,13-,14-,15-/m0/s1. The van der Waals surface area contributed by atoms with Crippen LogP contribution < -0.4 is 21.7 Å². The van der Waals surface area contributed by atoms with E-state index in [0.717, 1.165) is 0 Å². The van der Waals surface area contributed by atoms with Crippen molar-refractivity contribution >= 4 is 29.6 Å². The van der Waals surface area contributed by atoms with Gasteiger partial charge in [0.05, 0.1) is 19.8 Å². The Balaban J connectivity index is 2.90. The molecule has 1 aliphatic heterocycles. The summed E-state index contributed by atoms with van der Waals surface area (Å²) in [6.07, 6.45) is 0.995. The Morgan fingerprint density at radius 2 is 1.38 bits per heavy atom. The molecule has 1 heterocycles. The predicted octanol–water partition coefficient (Wildman–Crippen LogP) is -4.13. The molecule has 34 heavy (non-hydrogen) atoms. The lowest BCUT2D eigenvalue weighted by Gasteiger charge is -2.29. The summed E-state index contributed by atoms with van der Waals surface area (Å²) in [6, 6.07) is -6.45. The number of carbonyl (C=O) groups excluding carboxylic acids is 4. The fourth-order valence-electron chi connectivity index (χ4n) is 3.47. The second-order valence-electron chi connectivity index (χ2n) is 8.50. The lowest BCUT2D eigenvalue weighted by Crippen LogP contribution is -2.60. The van der Waals surface area contributed by atoms with Gasteiger partial charge >= 0.3 is 5.97 Å². The third kappa shape index (κ3) is 8.20. The topological polar surface area (TPSA) is 232 Å². The second-order valence-corrected chi connectivity index (χ2v) is 8.50. The average molecular weight is 490 g/mol. The molecule has 0 aromatic rings. The Morgan fingerprint density at radius 3 is 1.82 bits per heavy atom. The Bertz CT molecular complexity index is 748. The van der Waals surface area contributed by atoms with Gasteiger partial charge in [0, 0.05) is 6.54 Å². The fraction of sp³-hybridized carbons (Fsp3) is 0.750. The number of likely N-dealkylation sites (tertiary alicyclic amines) is 1. The van der Waals surface area contributed by atoms with Gasteiger partial charge in [0.25, 0.3) is 0 Å². The van der Waals surface area contributed by atoms with Gasteiger partial charge in [0.2, 0.25) is 23.6 Å². The zero-order valence-electron chi connectivity index (χ0n) is 19.3. The van der Waals surface area contributed by atoms with E-state index in [-0.39, 0.29) is 18.9 Å². The van der Waals surface area contributed by atoms with Crippen molar-refractivity contribution in [1.29, 1.82) is 0 Å². The molecular formula is C20H35N5O9. The number of carboxylic acids is 1. The van der Waals surface area contributed by atoms with E-state index in [1.54, 1.807) is 0 Å². The molecule has 1 rings (SSSR count). The van der Waals surface area contributed by atoms with Gasteiger partial charge in [0.15, 0.2) is 0 Å². The summed E-state index contributed by atoms with van der Waals surface area (Å²) in [5, 5.41) is 44.0. The Labute approximate surface area is 196 Å². The number of carbonyl (C=O) groups is 5. The van der Waals surface area contributed by atoms with Crippen LogP contribution in [-0.2, 0) is 24.0 Å². The molecule has 194 valence electrons. The van der Waals surface area contributed by atoms with Crippen LogP contribution >= 0.6 is 0 Å². The molecule has 0 radical (unpaired) electrons. The third-order valence-corrected chi connectivity index (χ3v) is 5.31. The number of nitrogens with zero attached hydrogens (tertiary/aromatic N) is 1. The molecule has 1 fully saturated rings. The van der Waals surface area contributed by atoms with E-state index in [0.29, 0.717) is 12.8 Å². The van der Waals surface area contributed by atoms with E-state index >= 15 is 0 Å². The van der Waals surface area contributed by atoms with Crippen LogP contribution in [0.2, 0.25) is 0 Å². The lowest BCUT2D eigenvalue weighted by molar-refractivity contribution is -0.149. The number of aliphatic hydroxyl groups is 3. The Morgan fingerprint density at radius 1 is 0.882 bits per heavy atom. The molecule has 0 spiro atoms. The van der Waals surface area contributed by atoms with Gasteiger partial charge in [-0.15, -0.1) is 0 Å². The summed E-state index contributed by atoms with van der Waals surface area (Å²) >= 11 is 0. The van der Waals surface area contributed by atoms with Crippen molar-refractivity contribution in [3.63, 3.8) is 0 Å². The van der Waals surface area contributed by atoms with Crippen LogP contribution in [0.5, 0.6) is 0 Å². The molecule has 0 aromatic heterocycles. The lowest BCUT2D eigenvalue weighted by atomic mass is 10.0. The van der Waals surface area contributed by atoms with Gasteiger partial charge in [-0.05, 0) is 25.2 Å². The summed E-state index contributed by atoms with van der Waals surface area (Å²) in [5.41, 5.74) is 5.35. The third-order valence-electron chi connectivity index (χ3n) is 5.31. The van der Waals surface area contributed by atoms with E-state index in [1.807, 2.05) is 13.8 Å².